The van der Waals surface area contributed by atoms with Gasteiger partial charge in [0, 0.05) is 0 Å². The number of amides is 1. The molecule has 1 aromatic rings. The molecule has 0 fully saturated rings. The average Bonchev–Trinajstić information content (AvgIpc) is 2.16. The predicted octanol–water partition coefficient (Wildman–Crippen LogP) is 2.32. The molecule has 1 heterocycles. The molecule has 0 bridgehead atoms. The van der Waals surface area contributed by atoms with E-state index >= 15 is 0 Å². The van der Waals surface area contributed by atoms with Gasteiger partial charge in [-0.05, 0) is 24.6 Å². The Balaban J connectivity index is 2.37. The molecule has 0 aliphatic carbocycles. The van der Waals surface area contributed by atoms with Crippen LogP contribution in [-0.2, 0) is 4.79 Å². The highest BCUT2D eigenvalue weighted by Crippen LogP contribution is 2.31. The van der Waals surface area contributed by atoms with E-state index in [4.69, 9.17) is 16.3 Å². The first-order chi connectivity index (χ1) is 6.66. The molecule has 1 atom stereocenters. The van der Waals surface area contributed by atoms with E-state index in [0.717, 1.165) is 5.56 Å². The normalized spacial score (nSPS) is 16.6. The minimum Gasteiger partial charge on any atom is -0.482 e. The van der Waals surface area contributed by atoms with E-state index in [2.05, 4.69) is 5.32 Å². The Morgan fingerprint density at radius 1 is 1.57 bits per heavy atom. The second kappa shape index (κ2) is 3.50. The van der Waals surface area contributed by atoms with Crippen molar-refractivity contribution < 1.29 is 9.53 Å². The Morgan fingerprint density at radius 3 is 3.07 bits per heavy atom. The van der Waals surface area contributed by atoms with Gasteiger partial charge in [0.05, 0.1) is 11.1 Å². The number of ether oxygens (including phenoxy) is 1. The fraction of sp³-hybridized carbons (Fsp3) is 0.300. The van der Waals surface area contributed by atoms with Crippen molar-refractivity contribution in [2.24, 2.45) is 0 Å². The maximum atomic E-state index is 11.0. The fourth-order valence-electron chi connectivity index (χ4n) is 1.35. The second-order valence-corrected chi connectivity index (χ2v) is 3.86. The Kier molecular flexibility index (Phi) is 2.33. The molecule has 1 N–H and O–H groups in total. The predicted molar refractivity (Wildman–Crippen MR) is 54.8 cm³/mol. The van der Waals surface area contributed by atoms with Crippen molar-refractivity contribution in [3.8, 4) is 5.75 Å². The minimum absolute atomic E-state index is 0.0703. The van der Waals surface area contributed by atoms with E-state index in [1.165, 1.54) is 0 Å². The first-order valence-corrected chi connectivity index (χ1v) is 4.81. The molecule has 4 heteroatoms. The van der Waals surface area contributed by atoms with Gasteiger partial charge in [0.1, 0.15) is 5.75 Å². The van der Waals surface area contributed by atoms with Gasteiger partial charge in [-0.25, -0.2) is 0 Å². The number of rotatable bonds is 1. The zero-order valence-electron chi connectivity index (χ0n) is 7.71. The number of nitrogens with one attached hydrogen (secondary N) is 1. The molecule has 1 aliphatic rings. The van der Waals surface area contributed by atoms with Gasteiger partial charge in [-0.15, -0.1) is 11.6 Å². The SMILES string of the molecule is CC(Cl)c1ccc2c(c1)NC(=O)CO2. The summed E-state index contributed by atoms with van der Waals surface area (Å²) >= 11 is 5.93. The van der Waals surface area contributed by atoms with Crippen LogP contribution in [0.3, 0.4) is 0 Å². The van der Waals surface area contributed by atoms with Crippen LogP contribution < -0.4 is 10.1 Å². The summed E-state index contributed by atoms with van der Waals surface area (Å²) in [6.45, 7) is 1.97. The molecule has 0 radical (unpaired) electrons. The van der Waals surface area contributed by atoms with Crippen molar-refractivity contribution in [3.05, 3.63) is 23.8 Å². The highest BCUT2D eigenvalue weighted by atomic mass is 35.5. The van der Waals surface area contributed by atoms with Crippen LogP contribution in [0, 0.1) is 0 Å². The molecule has 1 unspecified atom stereocenters. The maximum Gasteiger partial charge on any atom is 0.262 e. The smallest absolute Gasteiger partial charge is 0.262 e. The molecular formula is C10H10ClNO2. The third-order valence-electron chi connectivity index (χ3n) is 2.10. The van der Waals surface area contributed by atoms with Gasteiger partial charge >= 0.3 is 0 Å². The summed E-state index contributed by atoms with van der Waals surface area (Å²) < 4.78 is 5.22. The third kappa shape index (κ3) is 1.68. The van der Waals surface area contributed by atoms with Gasteiger partial charge in [0.15, 0.2) is 6.61 Å². The largest absolute Gasteiger partial charge is 0.482 e. The van der Waals surface area contributed by atoms with Crippen molar-refractivity contribution >= 4 is 23.2 Å². The number of fused-ring (bicyclic) bond motifs is 1. The number of hydrogen-bond acceptors (Lipinski definition) is 2. The van der Waals surface area contributed by atoms with Gasteiger partial charge in [-0.1, -0.05) is 6.07 Å². The van der Waals surface area contributed by atoms with Gasteiger partial charge in [-0.2, -0.15) is 0 Å². The lowest BCUT2D eigenvalue weighted by molar-refractivity contribution is -0.118. The summed E-state index contributed by atoms with van der Waals surface area (Å²) in [6.07, 6.45) is 0. The summed E-state index contributed by atoms with van der Waals surface area (Å²) in [6, 6.07) is 5.56. The number of hydrogen-bond donors (Lipinski definition) is 1. The van der Waals surface area contributed by atoms with E-state index < -0.39 is 0 Å². The molecule has 0 saturated heterocycles. The molecule has 0 saturated carbocycles. The first-order valence-electron chi connectivity index (χ1n) is 4.37. The van der Waals surface area contributed by atoms with Crippen molar-refractivity contribution in [2.45, 2.75) is 12.3 Å². The summed E-state index contributed by atoms with van der Waals surface area (Å²) in [5, 5.41) is 2.66. The van der Waals surface area contributed by atoms with E-state index in [9.17, 15) is 4.79 Å². The van der Waals surface area contributed by atoms with Crippen molar-refractivity contribution in [2.75, 3.05) is 11.9 Å². The number of alkyl halides is 1. The molecule has 74 valence electrons. The number of carbonyl (C=O) groups is 1. The van der Waals surface area contributed by atoms with Crippen LogP contribution in [0.15, 0.2) is 18.2 Å². The monoisotopic (exact) mass is 211 g/mol. The highest BCUT2D eigenvalue weighted by Gasteiger charge is 2.16. The van der Waals surface area contributed by atoms with E-state index in [1.807, 2.05) is 25.1 Å². The Labute approximate surface area is 87.0 Å². The number of anilines is 1. The average molecular weight is 212 g/mol. The van der Waals surface area contributed by atoms with Gasteiger partial charge < -0.3 is 10.1 Å². The zero-order valence-corrected chi connectivity index (χ0v) is 8.47. The summed E-state index contributed by atoms with van der Waals surface area (Å²) in [4.78, 5) is 11.0. The van der Waals surface area contributed by atoms with Gasteiger partial charge in [0.25, 0.3) is 5.91 Å². The lowest BCUT2D eigenvalue weighted by Crippen LogP contribution is -2.25. The van der Waals surface area contributed by atoms with E-state index in [0.29, 0.717) is 11.4 Å². The maximum absolute atomic E-state index is 11.0. The van der Waals surface area contributed by atoms with Crippen molar-refractivity contribution in [1.29, 1.82) is 0 Å². The molecule has 1 amide bonds. The van der Waals surface area contributed by atoms with Gasteiger partial charge in [0.2, 0.25) is 0 Å². The van der Waals surface area contributed by atoms with Crippen LogP contribution in [0.25, 0.3) is 0 Å². The lowest BCUT2D eigenvalue weighted by Gasteiger charge is -2.18. The summed E-state index contributed by atoms with van der Waals surface area (Å²) in [5.74, 6) is 0.572. The Bertz CT molecular complexity index is 376. The van der Waals surface area contributed by atoms with Crippen LogP contribution in [0.2, 0.25) is 0 Å². The van der Waals surface area contributed by atoms with E-state index in [-0.39, 0.29) is 17.9 Å². The molecular weight excluding hydrogens is 202 g/mol. The summed E-state index contributed by atoms with van der Waals surface area (Å²) in [5.41, 5.74) is 1.67. The van der Waals surface area contributed by atoms with Gasteiger partial charge in [-0.3, -0.25) is 4.79 Å². The van der Waals surface area contributed by atoms with E-state index in [1.54, 1.807) is 0 Å². The van der Waals surface area contributed by atoms with Crippen LogP contribution >= 0.6 is 11.6 Å². The molecule has 14 heavy (non-hydrogen) atoms. The number of benzene rings is 1. The zero-order chi connectivity index (χ0) is 10.1. The first kappa shape index (κ1) is 9.34. The van der Waals surface area contributed by atoms with Crippen LogP contribution in [0.1, 0.15) is 17.9 Å². The molecule has 3 nitrogen and oxygen atoms in total. The van der Waals surface area contributed by atoms with Crippen LogP contribution in [0.5, 0.6) is 5.75 Å². The molecule has 0 aromatic heterocycles. The van der Waals surface area contributed by atoms with Crippen molar-refractivity contribution in [3.63, 3.8) is 0 Å². The standard InChI is InChI=1S/C10H10ClNO2/c1-6(11)7-2-3-9-8(4-7)12-10(13)5-14-9/h2-4,6H,5H2,1H3,(H,12,13). The minimum atomic E-state index is -0.128. The Morgan fingerprint density at radius 2 is 2.36 bits per heavy atom. The third-order valence-corrected chi connectivity index (χ3v) is 2.35. The van der Waals surface area contributed by atoms with Crippen molar-refractivity contribution in [1.82, 2.24) is 0 Å². The Hall–Kier alpha value is -1.22. The van der Waals surface area contributed by atoms with Crippen LogP contribution in [0.4, 0.5) is 5.69 Å². The lowest BCUT2D eigenvalue weighted by atomic mass is 10.1. The molecule has 0 spiro atoms. The topological polar surface area (TPSA) is 38.3 Å². The van der Waals surface area contributed by atoms with Crippen LogP contribution in [-0.4, -0.2) is 12.5 Å². The molecule has 1 aliphatic heterocycles. The summed E-state index contributed by atoms with van der Waals surface area (Å²) in [7, 11) is 0. The molecule has 1 aromatic carbocycles. The highest BCUT2D eigenvalue weighted by molar-refractivity contribution is 6.20. The number of carbonyl (C=O) groups excluding carboxylic acids is 1. The second-order valence-electron chi connectivity index (χ2n) is 3.21. The fourth-order valence-corrected chi connectivity index (χ4v) is 1.48. The molecule has 2 rings (SSSR count). The number of halogens is 1. The quantitative estimate of drug-likeness (QED) is 0.724.